The van der Waals surface area contributed by atoms with Crippen LogP contribution in [0.25, 0.3) is 0 Å². The summed E-state index contributed by atoms with van der Waals surface area (Å²) >= 11 is 0. The van der Waals surface area contributed by atoms with Gasteiger partial charge in [-0.2, -0.15) is 13.2 Å². The lowest BCUT2D eigenvalue weighted by atomic mass is 9.90. The average molecular weight is 276 g/mol. The zero-order valence-electron chi connectivity index (χ0n) is 10.6. The molecular formula is C13H15F3O3. The lowest BCUT2D eigenvalue weighted by molar-refractivity contribution is -0.258. The summed E-state index contributed by atoms with van der Waals surface area (Å²) in [6.45, 7) is 2.44. The van der Waals surface area contributed by atoms with E-state index in [1.165, 1.54) is 0 Å². The monoisotopic (exact) mass is 276 g/mol. The van der Waals surface area contributed by atoms with Crippen LogP contribution in [-0.2, 0) is 12.0 Å². The largest absolute Gasteiger partial charge is 0.478 e. The van der Waals surface area contributed by atoms with Crippen LogP contribution in [0.4, 0.5) is 13.2 Å². The molecule has 0 aliphatic carbocycles. The number of halogens is 3. The summed E-state index contributed by atoms with van der Waals surface area (Å²) in [6, 6.07) is 3.21. The van der Waals surface area contributed by atoms with Gasteiger partial charge in [0.2, 0.25) is 0 Å². The molecule has 2 N–H and O–H groups in total. The summed E-state index contributed by atoms with van der Waals surface area (Å²) in [7, 11) is 0. The van der Waals surface area contributed by atoms with Gasteiger partial charge in [-0.25, -0.2) is 4.79 Å². The fraction of sp³-hybridized carbons (Fsp3) is 0.462. The second-order valence-corrected chi connectivity index (χ2v) is 4.50. The van der Waals surface area contributed by atoms with Gasteiger partial charge in [0.1, 0.15) is 0 Å². The second-order valence-electron chi connectivity index (χ2n) is 4.50. The van der Waals surface area contributed by atoms with E-state index in [1.54, 1.807) is 6.92 Å². The molecule has 1 atom stereocenters. The fourth-order valence-corrected chi connectivity index (χ4v) is 1.74. The van der Waals surface area contributed by atoms with Crippen LogP contribution in [0.2, 0.25) is 0 Å². The topological polar surface area (TPSA) is 57.5 Å². The maximum absolute atomic E-state index is 12.7. The van der Waals surface area contributed by atoms with Crippen molar-refractivity contribution in [1.29, 1.82) is 0 Å². The van der Waals surface area contributed by atoms with Crippen molar-refractivity contribution in [3.8, 4) is 0 Å². The Bertz CT molecular complexity index is 479. The zero-order valence-corrected chi connectivity index (χ0v) is 10.6. The maximum Gasteiger partial charge on any atom is 0.421 e. The smallest absolute Gasteiger partial charge is 0.421 e. The van der Waals surface area contributed by atoms with E-state index < -0.39 is 17.7 Å². The first-order valence-corrected chi connectivity index (χ1v) is 5.77. The molecule has 0 radical (unpaired) electrons. The molecule has 6 heteroatoms. The van der Waals surface area contributed by atoms with Crippen molar-refractivity contribution >= 4 is 5.97 Å². The minimum absolute atomic E-state index is 0.0384. The summed E-state index contributed by atoms with van der Waals surface area (Å²) in [6.07, 6.45) is -3.89. The third-order valence-corrected chi connectivity index (χ3v) is 2.97. The van der Waals surface area contributed by atoms with Crippen molar-refractivity contribution in [1.82, 2.24) is 0 Å². The Morgan fingerprint density at radius 2 is 1.89 bits per heavy atom. The molecule has 1 aromatic rings. The molecule has 0 amide bonds. The van der Waals surface area contributed by atoms with Gasteiger partial charge in [0.15, 0.2) is 5.60 Å². The molecular weight excluding hydrogens is 261 g/mol. The number of hydrogen-bond donors (Lipinski definition) is 2. The number of hydrogen-bond acceptors (Lipinski definition) is 2. The van der Waals surface area contributed by atoms with Crippen molar-refractivity contribution in [3.63, 3.8) is 0 Å². The molecule has 0 aliphatic heterocycles. The number of carboxylic acids is 1. The fourth-order valence-electron chi connectivity index (χ4n) is 1.74. The van der Waals surface area contributed by atoms with E-state index >= 15 is 0 Å². The van der Waals surface area contributed by atoms with Crippen molar-refractivity contribution in [2.75, 3.05) is 0 Å². The lowest BCUT2D eigenvalue weighted by Crippen LogP contribution is -2.39. The molecule has 0 saturated heterocycles. The third-order valence-electron chi connectivity index (χ3n) is 2.97. The second kappa shape index (κ2) is 5.21. The van der Waals surface area contributed by atoms with Crippen molar-refractivity contribution < 1.29 is 28.2 Å². The van der Waals surface area contributed by atoms with E-state index in [0.29, 0.717) is 19.8 Å². The Hall–Kier alpha value is -1.56. The summed E-state index contributed by atoms with van der Waals surface area (Å²) in [4.78, 5) is 11.0. The van der Waals surface area contributed by atoms with Crippen LogP contribution in [0, 0.1) is 0 Å². The van der Waals surface area contributed by atoms with E-state index in [9.17, 15) is 23.1 Å². The normalized spacial score (nSPS) is 15.1. The van der Waals surface area contributed by atoms with E-state index in [-0.39, 0.29) is 16.7 Å². The summed E-state index contributed by atoms with van der Waals surface area (Å²) in [5.41, 5.74) is -3.10. The Morgan fingerprint density at radius 1 is 1.32 bits per heavy atom. The molecule has 19 heavy (non-hydrogen) atoms. The first-order chi connectivity index (χ1) is 8.61. The Balaban J connectivity index is 3.33. The first-order valence-electron chi connectivity index (χ1n) is 5.77. The van der Waals surface area contributed by atoms with Gasteiger partial charge in [0.05, 0.1) is 5.56 Å². The molecule has 0 aromatic heterocycles. The van der Waals surface area contributed by atoms with Crippen molar-refractivity contribution in [3.05, 3.63) is 34.9 Å². The quantitative estimate of drug-likeness (QED) is 0.888. The molecule has 3 nitrogen and oxygen atoms in total. The van der Waals surface area contributed by atoms with E-state index in [2.05, 4.69) is 0 Å². The number of carbonyl (C=O) groups is 1. The van der Waals surface area contributed by atoms with E-state index in [4.69, 9.17) is 5.11 Å². The number of carboxylic acid groups (broad SMARTS) is 1. The third kappa shape index (κ3) is 3.07. The number of aryl methyl sites for hydroxylation is 1. The Kier molecular flexibility index (Phi) is 4.25. The van der Waals surface area contributed by atoms with Gasteiger partial charge in [-0.15, -0.1) is 0 Å². The molecule has 0 heterocycles. The van der Waals surface area contributed by atoms with Crippen LogP contribution in [0.3, 0.4) is 0 Å². The first kappa shape index (κ1) is 15.5. The van der Waals surface area contributed by atoms with Gasteiger partial charge in [-0.3, -0.25) is 0 Å². The van der Waals surface area contributed by atoms with E-state index in [0.717, 1.165) is 18.2 Å². The SMILES string of the molecule is CCCc1cc([C@](C)(O)C(F)(F)F)ccc1C(=O)O. The number of rotatable bonds is 4. The van der Waals surface area contributed by atoms with Gasteiger partial charge in [-0.05, 0) is 30.5 Å². The summed E-state index contributed by atoms with van der Waals surface area (Å²) in [5, 5.41) is 18.5. The lowest BCUT2D eigenvalue weighted by Gasteiger charge is -2.27. The van der Waals surface area contributed by atoms with Crippen molar-refractivity contribution in [2.45, 2.75) is 38.5 Å². The van der Waals surface area contributed by atoms with Crippen LogP contribution in [0.15, 0.2) is 18.2 Å². The van der Waals surface area contributed by atoms with Crippen molar-refractivity contribution in [2.24, 2.45) is 0 Å². The highest BCUT2D eigenvalue weighted by atomic mass is 19.4. The van der Waals surface area contributed by atoms with Gasteiger partial charge in [0.25, 0.3) is 0 Å². The highest BCUT2D eigenvalue weighted by Crippen LogP contribution is 2.39. The molecule has 0 bridgehead atoms. The van der Waals surface area contributed by atoms with Crippen LogP contribution >= 0.6 is 0 Å². The zero-order chi connectivity index (χ0) is 14.8. The summed E-state index contributed by atoms with van der Waals surface area (Å²) in [5.74, 6) is -1.19. The van der Waals surface area contributed by atoms with E-state index in [1.807, 2.05) is 0 Å². The standard InChI is InChI=1S/C13H15F3O3/c1-3-4-8-7-9(5-6-10(8)11(17)18)12(2,19)13(14,15)16/h5-7,19H,3-4H2,1-2H3,(H,17,18)/t12-/m0/s1. The summed E-state index contributed by atoms with van der Waals surface area (Å²) < 4.78 is 38.2. The number of aromatic carboxylic acids is 1. The van der Waals surface area contributed by atoms with Crippen LogP contribution in [0.5, 0.6) is 0 Å². The maximum atomic E-state index is 12.7. The number of alkyl halides is 3. The average Bonchev–Trinajstić information content (AvgIpc) is 2.27. The molecule has 106 valence electrons. The Labute approximate surface area is 108 Å². The molecule has 0 unspecified atom stereocenters. The number of aliphatic hydroxyl groups is 1. The molecule has 1 rings (SSSR count). The molecule has 0 saturated carbocycles. The minimum Gasteiger partial charge on any atom is -0.478 e. The van der Waals surface area contributed by atoms with Crippen LogP contribution < -0.4 is 0 Å². The Morgan fingerprint density at radius 3 is 2.32 bits per heavy atom. The highest BCUT2D eigenvalue weighted by molar-refractivity contribution is 5.89. The van der Waals surface area contributed by atoms with Crippen LogP contribution in [0.1, 0.15) is 41.8 Å². The highest BCUT2D eigenvalue weighted by Gasteiger charge is 2.51. The van der Waals surface area contributed by atoms with Gasteiger partial charge < -0.3 is 10.2 Å². The minimum atomic E-state index is -4.82. The van der Waals surface area contributed by atoms with Gasteiger partial charge in [-0.1, -0.05) is 25.5 Å². The molecule has 0 fully saturated rings. The molecule has 1 aromatic carbocycles. The predicted octanol–water partition coefficient (Wildman–Crippen LogP) is 3.11. The molecule has 0 spiro atoms. The predicted molar refractivity (Wildman–Crippen MR) is 63.0 cm³/mol. The van der Waals surface area contributed by atoms with Crippen LogP contribution in [-0.4, -0.2) is 22.4 Å². The number of benzene rings is 1. The van der Waals surface area contributed by atoms with Gasteiger partial charge >= 0.3 is 12.1 Å². The molecule has 0 aliphatic rings. The van der Waals surface area contributed by atoms with Gasteiger partial charge in [0, 0.05) is 0 Å².